The highest BCUT2D eigenvalue weighted by Crippen LogP contribution is 2.24. The minimum Gasteiger partial charge on any atom is -0.382 e. The van der Waals surface area contributed by atoms with Crippen LogP contribution in [0.5, 0.6) is 5.75 Å². The van der Waals surface area contributed by atoms with Gasteiger partial charge in [0.2, 0.25) is 0 Å². The van der Waals surface area contributed by atoms with Crippen LogP contribution in [0.3, 0.4) is 0 Å². The standard InChI is InChI=1S/C15H12Cl2O4S/c1-10(18)12-3-5-13(6-4-12)21-22(19,20)9-11-2-7-14(16)15(17)8-11/h2-8H,9H2,1H3. The third-order valence-corrected chi connectivity index (χ3v) is 4.68. The van der Waals surface area contributed by atoms with Crippen molar-refractivity contribution in [2.24, 2.45) is 0 Å². The van der Waals surface area contributed by atoms with Gasteiger partial charge in [-0.15, -0.1) is 0 Å². The minimum atomic E-state index is -3.84. The van der Waals surface area contributed by atoms with Gasteiger partial charge in [-0.3, -0.25) is 4.79 Å². The molecule has 0 bridgehead atoms. The van der Waals surface area contributed by atoms with Crippen LogP contribution in [-0.2, 0) is 15.9 Å². The van der Waals surface area contributed by atoms with Gasteiger partial charge in [-0.1, -0.05) is 29.3 Å². The van der Waals surface area contributed by atoms with Crippen LogP contribution < -0.4 is 4.18 Å². The van der Waals surface area contributed by atoms with Crippen LogP contribution in [0.1, 0.15) is 22.8 Å². The van der Waals surface area contributed by atoms with Crippen molar-refractivity contribution in [1.29, 1.82) is 0 Å². The van der Waals surface area contributed by atoms with Gasteiger partial charge in [0.1, 0.15) is 11.5 Å². The summed E-state index contributed by atoms with van der Waals surface area (Å²) in [7, 11) is -3.84. The Morgan fingerprint density at radius 2 is 1.68 bits per heavy atom. The third kappa shape index (κ3) is 4.47. The lowest BCUT2D eigenvalue weighted by atomic mass is 10.1. The Bertz CT molecular complexity index is 799. The Morgan fingerprint density at radius 1 is 1.05 bits per heavy atom. The zero-order chi connectivity index (χ0) is 16.3. The minimum absolute atomic E-state index is 0.106. The molecule has 0 unspecified atom stereocenters. The second-order valence-corrected chi connectivity index (χ2v) is 7.00. The number of ketones is 1. The van der Waals surface area contributed by atoms with E-state index >= 15 is 0 Å². The van der Waals surface area contributed by atoms with E-state index in [2.05, 4.69) is 0 Å². The summed E-state index contributed by atoms with van der Waals surface area (Å²) in [4.78, 5) is 11.2. The van der Waals surface area contributed by atoms with Gasteiger partial charge in [-0.05, 0) is 48.9 Å². The average molecular weight is 359 g/mol. The molecule has 0 aliphatic carbocycles. The van der Waals surface area contributed by atoms with E-state index < -0.39 is 10.1 Å². The van der Waals surface area contributed by atoms with E-state index in [1.165, 1.54) is 43.3 Å². The largest absolute Gasteiger partial charge is 0.382 e. The van der Waals surface area contributed by atoms with Crippen LogP contribution in [0.25, 0.3) is 0 Å². The lowest BCUT2D eigenvalue weighted by Gasteiger charge is -2.08. The Labute approximate surface area is 138 Å². The quantitative estimate of drug-likeness (QED) is 0.596. The van der Waals surface area contributed by atoms with E-state index in [0.717, 1.165) is 0 Å². The molecule has 0 fully saturated rings. The van der Waals surface area contributed by atoms with Gasteiger partial charge in [0.15, 0.2) is 5.78 Å². The molecule has 0 saturated carbocycles. The van der Waals surface area contributed by atoms with E-state index in [1.807, 2.05) is 0 Å². The summed E-state index contributed by atoms with van der Waals surface area (Å²) in [5.74, 6) is -0.298. The third-order valence-electron chi connectivity index (χ3n) is 2.81. The predicted octanol–water partition coefficient (Wildman–Crippen LogP) is 4.10. The predicted molar refractivity (Wildman–Crippen MR) is 86.2 cm³/mol. The zero-order valence-corrected chi connectivity index (χ0v) is 13.9. The smallest absolute Gasteiger partial charge is 0.313 e. The van der Waals surface area contributed by atoms with Gasteiger partial charge < -0.3 is 4.18 Å². The molecule has 0 radical (unpaired) electrons. The maximum Gasteiger partial charge on any atom is 0.313 e. The molecule has 0 aromatic heterocycles. The van der Waals surface area contributed by atoms with Crippen LogP contribution in [-0.4, -0.2) is 14.2 Å². The Kier molecular flexibility index (Phi) is 5.11. The van der Waals surface area contributed by atoms with Crippen molar-refractivity contribution >= 4 is 39.1 Å². The first-order valence-corrected chi connectivity index (χ1v) is 8.57. The highest BCUT2D eigenvalue weighted by atomic mass is 35.5. The summed E-state index contributed by atoms with van der Waals surface area (Å²) < 4.78 is 29.0. The number of hydrogen-bond acceptors (Lipinski definition) is 4. The van der Waals surface area contributed by atoms with E-state index in [0.29, 0.717) is 16.1 Å². The normalized spacial score (nSPS) is 11.2. The molecule has 2 rings (SSSR count). The lowest BCUT2D eigenvalue weighted by Crippen LogP contribution is -2.12. The SMILES string of the molecule is CC(=O)c1ccc(OS(=O)(=O)Cc2ccc(Cl)c(Cl)c2)cc1. The summed E-state index contributed by atoms with van der Waals surface area (Å²) in [5.41, 5.74) is 0.948. The van der Waals surface area contributed by atoms with Gasteiger partial charge in [-0.2, -0.15) is 8.42 Å². The fraction of sp³-hybridized carbons (Fsp3) is 0.133. The molecule has 0 heterocycles. The van der Waals surface area contributed by atoms with Crippen molar-refractivity contribution in [2.45, 2.75) is 12.7 Å². The zero-order valence-electron chi connectivity index (χ0n) is 11.5. The first-order chi connectivity index (χ1) is 10.3. The van der Waals surface area contributed by atoms with E-state index in [4.69, 9.17) is 27.4 Å². The Hall–Kier alpha value is -1.56. The highest BCUT2D eigenvalue weighted by Gasteiger charge is 2.15. The van der Waals surface area contributed by atoms with Gasteiger partial charge in [0.25, 0.3) is 0 Å². The topological polar surface area (TPSA) is 60.4 Å². The number of benzene rings is 2. The number of Topliss-reactive ketones (excluding diaryl/α,β-unsaturated/α-hetero) is 1. The molecule has 0 aliphatic heterocycles. The van der Waals surface area contributed by atoms with Gasteiger partial charge in [0.05, 0.1) is 10.0 Å². The highest BCUT2D eigenvalue weighted by molar-refractivity contribution is 7.86. The molecule has 2 aromatic rings. The summed E-state index contributed by atoms with van der Waals surface area (Å²) in [5, 5.41) is 0.628. The number of carbonyl (C=O) groups is 1. The van der Waals surface area contributed by atoms with Crippen molar-refractivity contribution in [2.75, 3.05) is 0 Å². The fourth-order valence-corrected chi connectivity index (χ4v) is 3.13. The fourth-order valence-electron chi connectivity index (χ4n) is 1.75. The van der Waals surface area contributed by atoms with Crippen LogP contribution in [0.15, 0.2) is 42.5 Å². The van der Waals surface area contributed by atoms with Crippen LogP contribution >= 0.6 is 23.2 Å². The molecule has 0 spiro atoms. The number of halogens is 2. The van der Waals surface area contributed by atoms with E-state index in [1.54, 1.807) is 6.07 Å². The molecule has 0 N–H and O–H groups in total. The monoisotopic (exact) mass is 358 g/mol. The number of rotatable bonds is 5. The summed E-state index contributed by atoms with van der Waals surface area (Å²) in [6.45, 7) is 1.43. The Morgan fingerprint density at radius 3 is 2.23 bits per heavy atom. The van der Waals surface area contributed by atoms with Crippen LogP contribution in [0.4, 0.5) is 0 Å². The van der Waals surface area contributed by atoms with Crippen molar-refractivity contribution in [3.05, 3.63) is 63.6 Å². The summed E-state index contributed by atoms with van der Waals surface area (Å²) in [6, 6.07) is 10.4. The molecular formula is C15H12Cl2O4S. The van der Waals surface area contributed by atoms with Crippen LogP contribution in [0.2, 0.25) is 10.0 Å². The van der Waals surface area contributed by atoms with Gasteiger partial charge >= 0.3 is 10.1 Å². The lowest BCUT2D eigenvalue weighted by molar-refractivity contribution is 0.101. The molecule has 22 heavy (non-hydrogen) atoms. The Balaban J connectivity index is 2.13. The van der Waals surface area contributed by atoms with Crippen molar-refractivity contribution in [1.82, 2.24) is 0 Å². The summed E-state index contributed by atoms with van der Waals surface area (Å²) >= 11 is 11.6. The van der Waals surface area contributed by atoms with Crippen molar-refractivity contribution < 1.29 is 17.4 Å². The molecule has 0 atom stereocenters. The van der Waals surface area contributed by atoms with E-state index in [9.17, 15) is 13.2 Å². The first kappa shape index (κ1) is 16.8. The molecule has 0 amide bonds. The molecule has 2 aromatic carbocycles. The second-order valence-electron chi connectivity index (χ2n) is 4.61. The molecular weight excluding hydrogens is 347 g/mol. The first-order valence-electron chi connectivity index (χ1n) is 6.24. The number of hydrogen-bond donors (Lipinski definition) is 0. The average Bonchev–Trinajstić information content (AvgIpc) is 2.42. The van der Waals surface area contributed by atoms with Crippen LogP contribution in [0, 0.1) is 0 Å². The van der Waals surface area contributed by atoms with Crippen molar-refractivity contribution in [3.63, 3.8) is 0 Å². The maximum atomic E-state index is 12.0. The molecule has 0 aliphatic rings. The van der Waals surface area contributed by atoms with Gasteiger partial charge in [0, 0.05) is 5.56 Å². The molecule has 116 valence electrons. The second kappa shape index (κ2) is 6.69. The molecule has 4 nitrogen and oxygen atoms in total. The van der Waals surface area contributed by atoms with E-state index in [-0.39, 0.29) is 22.3 Å². The van der Waals surface area contributed by atoms with Gasteiger partial charge in [-0.25, -0.2) is 0 Å². The maximum absolute atomic E-state index is 12.0. The number of carbonyl (C=O) groups excluding carboxylic acids is 1. The molecule has 0 saturated heterocycles. The molecule has 7 heteroatoms. The summed E-state index contributed by atoms with van der Waals surface area (Å²) in [6.07, 6.45) is 0. The van der Waals surface area contributed by atoms with Crippen molar-refractivity contribution in [3.8, 4) is 5.75 Å².